The molecule has 2 nitrogen and oxygen atoms in total. The zero-order valence-electron chi connectivity index (χ0n) is 12.5. The summed E-state index contributed by atoms with van der Waals surface area (Å²) in [5, 5.41) is 13.9. The molecule has 0 radical (unpaired) electrons. The number of aliphatic carboxylic acids is 1. The molecule has 0 aliphatic carbocycles. The number of allylic oxidation sites excluding steroid dienone is 1. The number of hydrogen-bond donors (Lipinski definition) is 1. The van der Waals surface area contributed by atoms with Crippen molar-refractivity contribution in [2.45, 2.75) is 19.8 Å². The van der Waals surface area contributed by atoms with Crippen LogP contribution in [0, 0.1) is 0 Å². The summed E-state index contributed by atoms with van der Waals surface area (Å²) < 4.78 is 0. The molecule has 0 bridgehead atoms. The second-order valence-corrected chi connectivity index (χ2v) is 5.53. The number of hydrogen-bond acceptors (Lipinski definition) is 1. The van der Waals surface area contributed by atoms with Crippen LogP contribution in [0.15, 0.2) is 66.2 Å². The molecule has 22 heavy (non-hydrogen) atoms. The molecule has 0 unspecified atom stereocenters. The molecule has 0 amide bonds. The van der Waals surface area contributed by atoms with Crippen molar-refractivity contribution in [1.29, 1.82) is 0 Å². The van der Waals surface area contributed by atoms with Gasteiger partial charge >= 0.3 is 5.97 Å². The summed E-state index contributed by atoms with van der Waals surface area (Å²) in [7, 11) is 0. The largest absolute Gasteiger partial charge is 0.478 e. The third-order valence-electron chi connectivity index (χ3n) is 4.07. The van der Waals surface area contributed by atoms with Crippen LogP contribution in [0.1, 0.15) is 18.9 Å². The van der Waals surface area contributed by atoms with Crippen molar-refractivity contribution >= 4 is 27.5 Å². The van der Waals surface area contributed by atoms with E-state index in [1.807, 2.05) is 0 Å². The van der Waals surface area contributed by atoms with E-state index in [-0.39, 0.29) is 0 Å². The number of carboxylic acids is 1. The molecule has 0 heterocycles. The Bertz CT molecular complexity index is 821. The molecule has 0 spiro atoms. The van der Waals surface area contributed by atoms with E-state index < -0.39 is 5.97 Å². The van der Waals surface area contributed by atoms with Gasteiger partial charge in [0.1, 0.15) is 0 Å². The van der Waals surface area contributed by atoms with Crippen LogP contribution in [-0.2, 0) is 11.2 Å². The summed E-state index contributed by atoms with van der Waals surface area (Å²) in [6, 6.07) is 19.0. The standard InChI is InChI=1S/C20H18O2/c1-14(20(21)22)7-6-12-19-17-10-4-2-8-15(17)13-16-9-3-5-11-18(16)19/h2-5,7-11,13H,6,12H2,1H3,(H,21,22). The van der Waals surface area contributed by atoms with Gasteiger partial charge in [-0.1, -0.05) is 54.6 Å². The molecule has 0 aromatic heterocycles. The monoisotopic (exact) mass is 290 g/mol. The van der Waals surface area contributed by atoms with Crippen LogP contribution in [0.5, 0.6) is 0 Å². The summed E-state index contributed by atoms with van der Waals surface area (Å²) in [4.78, 5) is 10.9. The Hall–Kier alpha value is -2.61. The fraction of sp³-hybridized carbons (Fsp3) is 0.150. The van der Waals surface area contributed by atoms with Gasteiger partial charge in [-0.15, -0.1) is 0 Å². The minimum atomic E-state index is -0.845. The zero-order chi connectivity index (χ0) is 15.5. The van der Waals surface area contributed by atoms with Crippen LogP contribution in [-0.4, -0.2) is 11.1 Å². The van der Waals surface area contributed by atoms with E-state index in [9.17, 15) is 4.79 Å². The Morgan fingerprint density at radius 2 is 1.55 bits per heavy atom. The maximum Gasteiger partial charge on any atom is 0.330 e. The maximum absolute atomic E-state index is 10.9. The number of rotatable bonds is 4. The van der Waals surface area contributed by atoms with Gasteiger partial charge in [0, 0.05) is 5.57 Å². The van der Waals surface area contributed by atoms with Crippen LogP contribution >= 0.6 is 0 Å². The van der Waals surface area contributed by atoms with Gasteiger partial charge in [0.25, 0.3) is 0 Å². The van der Waals surface area contributed by atoms with Gasteiger partial charge in [-0.3, -0.25) is 0 Å². The molecule has 110 valence electrons. The summed E-state index contributed by atoms with van der Waals surface area (Å²) in [5.41, 5.74) is 1.70. The van der Waals surface area contributed by atoms with E-state index in [1.165, 1.54) is 27.1 Å². The number of aryl methyl sites for hydroxylation is 1. The van der Waals surface area contributed by atoms with Crippen molar-refractivity contribution in [2.24, 2.45) is 0 Å². The van der Waals surface area contributed by atoms with Crippen molar-refractivity contribution < 1.29 is 9.90 Å². The van der Waals surface area contributed by atoms with Gasteiger partial charge in [-0.05, 0) is 52.9 Å². The van der Waals surface area contributed by atoms with Crippen molar-refractivity contribution in [1.82, 2.24) is 0 Å². The zero-order valence-corrected chi connectivity index (χ0v) is 12.5. The van der Waals surface area contributed by atoms with Gasteiger partial charge < -0.3 is 5.11 Å². The van der Waals surface area contributed by atoms with Gasteiger partial charge in [0.15, 0.2) is 0 Å². The molecular weight excluding hydrogens is 272 g/mol. The molecule has 2 heteroatoms. The summed E-state index contributed by atoms with van der Waals surface area (Å²) in [6.45, 7) is 1.64. The van der Waals surface area contributed by atoms with E-state index in [0.29, 0.717) is 5.57 Å². The van der Waals surface area contributed by atoms with Crippen LogP contribution in [0.25, 0.3) is 21.5 Å². The number of fused-ring (bicyclic) bond motifs is 2. The van der Waals surface area contributed by atoms with E-state index in [1.54, 1.807) is 13.0 Å². The fourth-order valence-electron chi connectivity index (χ4n) is 2.90. The summed E-state index contributed by atoms with van der Waals surface area (Å²) in [6.07, 6.45) is 3.38. The quantitative estimate of drug-likeness (QED) is 0.545. The van der Waals surface area contributed by atoms with Crippen LogP contribution in [0.2, 0.25) is 0 Å². The number of carbonyl (C=O) groups is 1. The third kappa shape index (κ3) is 2.73. The van der Waals surface area contributed by atoms with E-state index in [0.717, 1.165) is 12.8 Å². The van der Waals surface area contributed by atoms with Gasteiger partial charge in [-0.2, -0.15) is 0 Å². The van der Waals surface area contributed by atoms with Crippen molar-refractivity contribution in [3.8, 4) is 0 Å². The Morgan fingerprint density at radius 1 is 1.00 bits per heavy atom. The Morgan fingerprint density at radius 3 is 2.09 bits per heavy atom. The molecule has 0 saturated heterocycles. The molecule has 0 aliphatic heterocycles. The normalized spacial score (nSPS) is 12.0. The first-order valence-electron chi connectivity index (χ1n) is 7.46. The Labute approximate surface area is 129 Å². The predicted octanol–water partition coefficient (Wildman–Crippen LogP) is 4.96. The van der Waals surface area contributed by atoms with Crippen molar-refractivity contribution in [3.63, 3.8) is 0 Å². The van der Waals surface area contributed by atoms with Crippen molar-refractivity contribution in [3.05, 3.63) is 71.8 Å². The van der Waals surface area contributed by atoms with Crippen LogP contribution in [0.3, 0.4) is 0 Å². The lowest BCUT2D eigenvalue weighted by Gasteiger charge is -2.11. The minimum absolute atomic E-state index is 0.407. The second-order valence-electron chi connectivity index (χ2n) is 5.53. The summed E-state index contributed by atoms with van der Waals surface area (Å²) in [5.74, 6) is -0.845. The molecule has 3 aromatic carbocycles. The molecule has 1 N–H and O–H groups in total. The average Bonchev–Trinajstić information content (AvgIpc) is 2.53. The lowest BCUT2D eigenvalue weighted by molar-refractivity contribution is -0.132. The Kier molecular flexibility index (Phi) is 3.92. The number of benzene rings is 3. The van der Waals surface area contributed by atoms with Crippen LogP contribution < -0.4 is 0 Å². The molecule has 0 atom stereocenters. The van der Waals surface area contributed by atoms with Gasteiger partial charge in [0.2, 0.25) is 0 Å². The molecular formula is C20H18O2. The lowest BCUT2D eigenvalue weighted by Crippen LogP contribution is -1.96. The molecule has 3 aromatic rings. The molecule has 3 rings (SSSR count). The van der Waals surface area contributed by atoms with Gasteiger partial charge in [-0.25, -0.2) is 4.79 Å². The number of carboxylic acid groups (broad SMARTS) is 1. The van der Waals surface area contributed by atoms with Crippen molar-refractivity contribution in [2.75, 3.05) is 0 Å². The highest BCUT2D eigenvalue weighted by Gasteiger charge is 2.07. The first-order chi connectivity index (χ1) is 10.7. The first kappa shape index (κ1) is 14.3. The fourth-order valence-corrected chi connectivity index (χ4v) is 2.90. The first-order valence-corrected chi connectivity index (χ1v) is 7.46. The smallest absolute Gasteiger partial charge is 0.330 e. The highest BCUT2D eigenvalue weighted by atomic mass is 16.4. The van der Waals surface area contributed by atoms with E-state index in [2.05, 4.69) is 54.6 Å². The minimum Gasteiger partial charge on any atom is -0.478 e. The molecule has 0 aliphatic rings. The summed E-state index contributed by atoms with van der Waals surface area (Å²) >= 11 is 0. The van der Waals surface area contributed by atoms with E-state index >= 15 is 0 Å². The molecule has 0 saturated carbocycles. The predicted molar refractivity (Wildman–Crippen MR) is 91.2 cm³/mol. The SMILES string of the molecule is CC(=CCCc1c2ccccc2cc2ccccc12)C(=O)O. The van der Waals surface area contributed by atoms with Crippen LogP contribution in [0.4, 0.5) is 0 Å². The van der Waals surface area contributed by atoms with E-state index in [4.69, 9.17) is 5.11 Å². The lowest BCUT2D eigenvalue weighted by atomic mass is 9.94. The maximum atomic E-state index is 10.9. The highest BCUT2D eigenvalue weighted by Crippen LogP contribution is 2.29. The highest BCUT2D eigenvalue weighted by molar-refractivity contribution is 6.02. The molecule has 0 fully saturated rings. The third-order valence-corrected chi connectivity index (χ3v) is 4.07. The topological polar surface area (TPSA) is 37.3 Å². The van der Waals surface area contributed by atoms with Gasteiger partial charge in [0.05, 0.1) is 0 Å². The second kappa shape index (κ2) is 6.02. The Balaban J connectivity index is 2.08. The average molecular weight is 290 g/mol.